The zero-order valence-electron chi connectivity index (χ0n) is 12.3. The van der Waals surface area contributed by atoms with Crippen LogP contribution in [0.25, 0.3) is 0 Å². The summed E-state index contributed by atoms with van der Waals surface area (Å²) in [4.78, 5) is 23.4. The number of amides is 2. The van der Waals surface area contributed by atoms with Crippen LogP contribution in [-0.4, -0.2) is 18.4 Å². The number of nitrogens with one attached hydrogen (secondary N) is 2. The van der Waals surface area contributed by atoms with Crippen LogP contribution in [0.5, 0.6) is 0 Å². The van der Waals surface area contributed by atoms with Gasteiger partial charge in [0.15, 0.2) is 0 Å². The Labute approximate surface area is 132 Å². The lowest BCUT2D eigenvalue weighted by Gasteiger charge is -2.07. The zero-order valence-corrected chi connectivity index (χ0v) is 12.3. The smallest absolute Gasteiger partial charge is 0.254 e. The largest absolute Gasteiger partial charge is 0.352 e. The van der Waals surface area contributed by atoms with Gasteiger partial charge in [-0.1, -0.05) is 30.3 Å². The lowest BCUT2D eigenvalue weighted by molar-refractivity contribution is -0.121. The topological polar surface area (TPSA) is 58.2 Å². The molecule has 2 aromatic rings. The van der Waals surface area contributed by atoms with E-state index in [2.05, 4.69) is 10.6 Å². The predicted molar refractivity (Wildman–Crippen MR) is 81.6 cm³/mol. The molecule has 4 nitrogen and oxygen atoms in total. The summed E-state index contributed by atoms with van der Waals surface area (Å²) >= 11 is 0. The first-order chi connectivity index (χ1) is 11.1. The molecule has 0 aliphatic heterocycles. The number of halogens is 2. The van der Waals surface area contributed by atoms with E-state index in [1.807, 2.05) is 30.3 Å². The average Bonchev–Trinajstić information content (AvgIpc) is 2.53. The van der Waals surface area contributed by atoms with Crippen LogP contribution < -0.4 is 10.6 Å². The number of hydrogen-bond donors (Lipinski definition) is 2. The molecule has 0 radical (unpaired) electrons. The number of rotatable bonds is 6. The van der Waals surface area contributed by atoms with Gasteiger partial charge in [0.25, 0.3) is 5.91 Å². The standard InChI is InChI=1S/C17H16F2N2O2/c18-13-6-7-14(15(19)10-13)17(23)20-9-8-16(22)21-11-12-4-2-1-3-5-12/h1-7,10H,8-9,11H2,(H,20,23)(H,21,22). The van der Waals surface area contributed by atoms with Crippen LogP contribution in [0.3, 0.4) is 0 Å². The van der Waals surface area contributed by atoms with Gasteiger partial charge in [-0.3, -0.25) is 9.59 Å². The van der Waals surface area contributed by atoms with Gasteiger partial charge in [-0.2, -0.15) is 0 Å². The molecule has 0 unspecified atom stereocenters. The second-order valence-electron chi connectivity index (χ2n) is 4.89. The van der Waals surface area contributed by atoms with E-state index >= 15 is 0 Å². The molecular weight excluding hydrogens is 302 g/mol. The highest BCUT2D eigenvalue weighted by Crippen LogP contribution is 2.09. The SMILES string of the molecule is O=C(CCNC(=O)c1ccc(F)cc1F)NCc1ccccc1. The Bertz CT molecular complexity index is 690. The van der Waals surface area contributed by atoms with Crippen molar-refractivity contribution in [1.29, 1.82) is 0 Å². The van der Waals surface area contributed by atoms with E-state index in [1.165, 1.54) is 0 Å². The van der Waals surface area contributed by atoms with Crippen molar-refractivity contribution in [2.45, 2.75) is 13.0 Å². The second kappa shape index (κ2) is 8.03. The van der Waals surface area contributed by atoms with Crippen LogP contribution in [0.2, 0.25) is 0 Å². The van der Waals surface area contributed by atoms with Crippen LogP contribution in [0.4, 0.5) is 8.78 Å². The second-order valence-corrected chi connectivity index (χ2v) is 4.89. The summed E-state index contributed by atoms with van der Waals surface area (Å²) in [7, 11) is 0. The van der Waals surface area contributed by atoms with E-state index in [0.29, 0.717) is 12.6 Å². The van der Waals surface area contributed by atoms with Crippen LogP contribution in [0.1, 0.15) is 22.3 Å². The highest BCUT2D eigenvalue weighted by Gasteiger charge is 2.12. The molecular formula is C17H16F2N2O2. The maximum atomic E-state index is 13.4. The van der Waals surface area contributed by atoms with E-state index in [1.54, 1.807) is 0 Å². The van der Waals surface area contributed by atoms with Crippen molar-refractivity contribution in [2.75, 3.05) is 6.54 Å². The first kappa shape index (κ1) is 16.6. The van der Waals surface area contributed by atoms with Crippen molar-refractivity contribution in [1.82, 2.24) is 10.6 Å². The van der Waals surface area contributed by atoms with E-state index in [0.717, 1.165) is 17.7 Å². The van der Waals surface area contributed by atoms with E-state index in [-0.39, 0.29) is 24.4 Å². The molecule has 0 bridgehead atoms. The Morgan fingerprint density at radius 1 is 0.957 bits per heavy atom. The minimum Gasteiger partial charge on any atom is -0.352 e. The minimum atomic E-state index is -0.934. The van der Waals surface area contributed by atoms with E-state index in [4.69, 9.17) is 0 Å². The van der Waals surface area contributed by atoms with Gasteiger partial charge in [0.2, 0.25) is 5.91 Å². The summed E-state index contributed by atoms with van der Waals surface area (Å²) in [5.74, 6) is -2.59. The maximum Gasteiger partial charge on any atom is 0.254 e. The maximum absolute atomic E-state index is 13.4. The van der Waals surface area contributed by atoms with E-state index in [9.17, 15) is 18.4 Å². The molecule has 2 N–H and O–H groups in total. The third-order valence-electron chi connectivity index (χ3n) is 3.15. The van der Waals surface area contributed by atoms with Crippen LogP contribution in [0, 0.1) is 11.6 Å². The lowest BCUT2D eigenvalue weighted by Crippen LogP contribution is -2.30. The Hall–Kier alpha value is -2.76. The predicted octanol–water partition coefficient (Wildman–Crippen LogP) is 2.40. The van der Waals surface area contributed by atoms with Crippen LogP contribution >= 0.6 is 0 Å². The van der Waals surface area contributed by atoms with Gasteiger partial charge in [0.1, 0.15) is 11.6 Å². The highest BCUT2D eigenvalue weighted by atomic mass is 19.1. The zero-order chi connectivity index (χ0) is 16.7. The van der Waals surface area contributed by atoms with Crippen LogP contribution in [-0.2, 0) is 11.3 Å². The van der Waals surface area contributed by atoms with Crippen molar-refractivity contribution >= 4 is 11.8 Å². The third kappa shape index (κ3) is 5.18. The molecule has 0 spiro atoms. The summed E-state index contributed by atoms with van der Waals surface area (Å²) < 4.78 is 26.2. The van der Waals surface area contributed by atoms with Gasteiger partial charge in [0, 0.05) is 25.6 Å². The minimum absolute atomic E-state index is 0.0657. The normalized spacial score (nSPS) is 10.2. The molecule has 0 aliphatic rings. The number of hydrogen-bond acceptors (Lipinski definition) is 2. The molecule has 0 atom stereocenters. The van der Waals surface area contributed by atoms with E-state index < -0.39 is 17.5 Å². The van der Waals surface area contributed by atoms with Gasteiger partial charge in [-0.05, 0) is 17.7 Å². The molecule has 0 heterocycles. The molecule has 2 amide bonds. The van der Waals surface area contributed by atoms with Crippen molar-refractivity contribution < 1.29 is 18.4 Å². The molecule has 0 fully saturated rings. The summed E-state index contributed by atoms with van der Waals surface area (Å²) in [5, 5.41) is 5.14. The summed E-state index contributed by atoms with van der Waals surface area (Å²) in [5.41, 5.74) is 0.717. The van der Waals surface area contributed by atoms with Crippen LogP contribution in [0.15, 0.2) is 48.5 Å². The lowest BCUT2D eigenvalue weighted by atomic mass is 10.2. The first-order valence-electron chi connectivity index (χ1n) is 7.10. The fraction of sp³-hybridized carbons (Fsp3) is 0.176. The van der Waals surface area contributed by atoms with Crippen molar-refractivity contribution in [3.63, 3.8) is 0 Å². The van der Waals surface area contributed by atoms with Gasteiger partial charge in [-0.15, -0.1) is 0 Å². The molecule has 0 saturated heterocycles. The first-order valence-corrected chi connectivity index (χ1v) is 7.10. The Kier molecular flexibility index (Phi) is 5.80. The molecule has 23 heavy (non-hydrogen) atoms. The number of benzene rings is 2. The monoisotopic (exact) mass is 318 g/mol. The molecule has 2 rings (SSSR count). The Morgan fingerprint density at radius 2 is 1.70 bits per heavy atom. The fourth-order valence-corrected chi connectivity index (χ4v) is 1.94. The summed E-state index contributed by atoms with van der Waals surface area (Å²) in [6.45, 7) is 0.469. The quantitative estimate of drug-likeness (QED) is 0.859. The third-order valence-corrected chi connectivity index (χ3v) is 3.15. The van der Waals surface area contributed by atoms with Gasteiger partial charge < -0.3 is 10.6 Å². The molecule has 0 saturated carbocycles. The van der Waals surface area contributed by atoms with Crippen molar-refractivity contribution in [2.24, 2.45) is 0 Å². The van der Waals surface area contributed by atoms with Gasteiger partial charge in [-0.25, -0.2) is 8.78 Å². The Balaban J connectivity index is 1.73. The van der Waals surface area contributed by atoms with Crippen molar-refractivity contribution in [3.05, 3.63) is 71.3 Å². The van der Waals surface area contributed by atoms with Gasteiger partial charge in [0.05, 0.1) is 5.56 Å². The molecule has 0 aliphatic carbocycles. The van der Waals surface area contributed by atoms with Gasteiger partial charge >= 0.3 is 0 Å². The number of carbonyl (C=O) groups is 2. The average molecular weight is 318 g/mol. The Morgan fingerprint density at radius 3 is 2.39 bits per heavy atom. The van der Waals surface area contributed by atoms with Crippen molar-refractivity contribution in [3.8, 4) is 0 Å². The summed E-state index contributed by atoms with van der Waals surface area (Å²) in [6.07, 6.45) is 0.0708. The molecule has 120 valence electrons. The summed E-state index contributed by atoms with van der Waals surface area (Å²) in [6, 6.07) is 12.1. The molecule has 6 heteroatoms. The molecule has 2 aromatic carbocycles. The molecule has 0 aromatic heterocycles. The fourth-order valence-electron chi connectivity index (χ4n) is 1.94. The number of carbonyl (C=O) groups excluding carboxylic acids is 2. The highest BCUT2D eigenvalue weighted by molar-refractivity contribution is 5.94.